The standard InChI is InChI=1S/C27H36N2O3S/c1-18(2)13-26(30)28(15-21-6-7-21)16-27(31)29-11-9-25-22(10-12-33-25)23(29)17-32-24-8-5-19(3)14-20(24)4/h5,8,10,12,14,18,21,23H,6-7,9,11,13,15-17H2,1-4H3. The van der Waals surface area contributed by atoms with E-state index >= 15 is 0 Å². The van der Waals surface area contributed by atoms with Crippen molar-refractivity contribution in [3.63, 3.8) is 0 Å². The molecule has 178 valence electrons. The molecule has 2 aromatic rings. The number of rotatable bonds is 9. The zero-order valence-corrected chi connectivity index (χ0v) is 21.1. The first-order valence-electron chi connectivity index (χ1n) is 12.2. The van der Waals surface area contributed by atoms with Gasteiger partial charge in [0.15, 0.2) is 0 Å². The first kappa shape index (κ1) is 23.8. The number of ether oxygens (including phenoxy) is 1. The molecule has 4 rings (SSSR count). The van der Waals surface area contributed by atoms with Crippen LogP contribution in [0, 0.1) is 25.7 Å². The van der Waals surface area contributed by atoms with Gasteiger partial charge in [-0.3, -0.25) is 9.59 Å². The van der Waals surface area contributed by atoms with Gasteiger partial charge in [-0.15, -0.1) is 11.3 Å². The van der Waals surface area contributed by atoms with Crippen molar-refractivity contribution in [2.75, 3.05) is 26.2 Å². The molecule has 0 radical (unpaired) electrons. The Morgan fingerprint density at radius 2 is 2.00 bits per heavy atom. The molecular weight excluding hydrogens is 432 g/mol. The lowest BCUT2D eigenvalue weighted by molar-refractivity contribution is -0.143. The smallest absolute Gasteiger partial charge is 0.242 e. The van der Waals surface area contributed by atoms with Crippen LogP contribution in [0.1, 0.15) is 60.7 Å². The Hall–Kier alpha value is -2.34. The van der Waals surface area contributed by atoms with E-state index in [9.17, 15) is 9.59 Å². The van der Waals surface area contributed by atoms with Gasteiger partial charge in [-0.2, -0.15) is 0 Å². The first-order chi connectivity index (χ1) is 15.8. The highest BCUT2D eigenvalue weighted by atomic mass is 32.1. The Bertz CT molecular complexity index is 995. The fourth-order valence-corrected chi connectivity index (χ4v) is 5.53. The Morgan fingerprint density at radius 1 is 1.21 bits per heavy atom. The molecule has 1 aromatic carbocycles. The third-order valence-electron chi connectivity index (χ3n) is 6.58. The second-order valence-electron chi connectivity index (χ2n) is 10.0. The van der Waals surface area contributed by atoms with Crippen LogP contribution in [-0.4, -0.2) is 47.9 Å². The minimum absolute atomic E-state index is 0.0267. The maximum absolute atomic E-state index is 13.5. The molecule has 0 N–H and O–H groups in total. The number of carbonyl (C=O) groups is 2. The van der Waals surface area contributed by atoms with Gasteiger partial charge in [0.25, 0.3) is 0 Å². The Morgan fingerprint density at radius 3 is 2.70 bits per heavy atom. The Labute approximate surface area is 201 Å². The molecule has 1 aliphatic carbocycles. The van der Waals surface area contributed by atoms with E-state index < -0.39 is 0 Å². The van der Waals surface area contributed by atoms with Crippen molar-refractivity contribution in [2.24, 2.45) is 11.8 Å². The number of thiophene rings is 1. The van der Waals surface area contributed by atoms with Crippen molar-refractivity contribution in [1.29, 1.82) is 0 Å². The third kappa shape index (κ3) is 5.97. The van der Waals surface area contributed by atoms with Crippen LogP contribution in [-0.2, 0) is 16.0 Å². The minimum atomic E-state index is -0.129. The van der Waals surface area contributed by atoms with Gasteiger partial charge in [-0.05, 0) is 73.6 Å². The van der Waals surface area contributed by atoms with Gasteiger partial charge in [0, 0.05) is 24.4 Å². The molecule has 2 heterocycles. The van der Waals surface area contributed by atoms with E-state index in [0.29, 0.717) is 32.0 Å². The number of hydrogen-bond donors (Lipinski definition) is 0. The first-order valence-corrected chi connectivity index (χ1v) is 13.0. The fourth-order valence-electron chi connectivity index (χ4n) is 4.60. The summed E-state index contributed by atoms with van der Waals surface area (Å²) < 4.78 is 6.25. The lowest BCUT2D eigenvalue weighted by Crippen LogP contribution is -2.48. The van der Waals surface area contributed by atoms with Crippen LogP contribution in [0.15, 0.2) is 29.6 Å². The van der Waals surface area contributed by atoms with Crippen LogP contribution in [0.4, 0.5) is 0 Å². The summed E-state index contributed by atoms with van der Waals surface area (Å²) in [4.78, 5) is 31.5. The van der Waals surface area contributed by atoms with Gasteiger partial charge in [-0.25, -0.2) is 0 Å². The molecule has 1 unspecified atom stereocenters. The summed E-state index contributed by atoms with van der Waals surface area (Å²) >= 11 is 1.75. The van der Waals surface area contributed by atoms with E-state index in [0.717, 1.165) is 30.6 Å². The minimum Gasteiger partial charge on any atom is -0.491 e. The van der Waals surface area contributed by atoms with Gasteiger partial charge in [0.2, 0.25) is 11.8 Å². The van der Waals surface area contributed by atoms with Crippen molar-refractivity contribution in [3.8, 4) is 5.75 Å². The average Bonchev–Trinajstić information content (AvgIpc) is 3.44. The number of carbonyl (C=O) groups excluding carboxylic acids is 2. The number of aryl methyl sites for hydroxylation is 2. The van der Waals surface area contributed by atoms with Crippen molar-refractivity contribution in [2.45, 2.75) is 59.4 Å². The SMILES string of the molecule is Cc1ccc(OCC2c3ccsc3CCN2C(=O)CN(CC2CC2)C(=O)CC(C)C)c(C)c1. The zero-order chi connectivity index (χ0) is 23.5. The number of nitrogens with zero attached hydrogens (tertiary/aromatic N) is 2. The van der Waals surface area contributed by atoms with Crippen molar-refractivity contribution in [1.82, 2.24) is 9.80 Å². The molecular formula is C27H36N2O3S. The lowest BCUT2D eigenvalue weighted by Gasteiger charge is -2.37. The van der Waals surface area contributed by atoms with E-state index in [4.69, 9.17) is 4.74 Å². The van der Waals surface area contributed by atoms with Gasteiger partial charge >= 0.3 is 0 Å². The van der Waals surface area contributed by atoms with E-state index in [1.54, 1.807) is 11.3 Å². The molecule has 1 aromatic heterocycles. The van der Waals surface area contributed by atoms with Crippen LogP contribution in [0.5, 0.6) is 5.75 Å². The van der Waals surface area contributed by atoms with E-state index in [2.05, 4.69) is 51.3 Å². The summed E-state index contributed by atoms with van der Waals surface area (Å²) in [7, 11) is 0. The Kier molecular flexibility index (Phi) is 7.42. The normalized spacial score (nSPS) is 17.7. The predicted molar refractivity (Wildman–Crippen MR) is 133 cm³/mol. The Balaban J connectivity index is 1.49. The van der Waals surface area contributed by atoms with Crippen molar-refractivity contribution >= 4 is 23.2 Å². The zero-order valence-electron chi connectivity index (χ0n) is 20.3. The molecule has 1 saturated carbocycles. The van der Waals surface area contributed by atoms with E-state index in [1.165, 1.54) is 16.0 Å². The van der Waals surface area contributed by atoms with Crippen LogP contribution in [0.3, 0.4) is 0 Å². The van der Waals surface area contributed by atoms with Crippen LogP contribution in [0.25, 0.3) is 0 Å². The number of fused-ring (bicyclic) bond motifs is 1. The van der Waals surface area contributed by atoms with E-state index in [1.807, 2.05) is 15.9 Å². The molecule has 0 bridgehead atoms. The van der Waals surface area contributed by atoms with Gasteiger partial charge < -0.3 is 14.5 Å². The molecule has 5 nitrogen and oxygen atoms in total. The number of benzene rings is 1. The summed E-state index contributed by atoms with van der Waals surface area (Å²) in [6, 6.07) is 8.18. The highest BCUT2D eigenvalue weighted by Gasteiger charge is 2.35. The highest BCUT2D eigenvalue weighted by molar-refractivity contribution is 7.10. The third-order valence-corrected chi connectivity index (χ3v) is 7.58. The largest absolute Gasteiger partial charge is 0.491 e. The molecule has 2 aliphatic rings. The quantitative estimate of drug-likeness (QED) is 0.511. The van der Waals surface area contributed by atoms with Gasteiger partial charge in [-0.1, -0.05) is 31.5 Å². The fraction of sp³-hybridized carbons (Fsp3) is 0.556. The maximum Gasteiger partial charge on any atom is 0.242 e. The maximum atomic E-state index is 13.5. The van der Waals surface area contributed by atoms with Gasteiger partial charge in [0.05, 0.1) is 12.6 Å². The number of amides is 2. The molecule has 1 aliphatic heterocycles. The summed E-state index contributed by atoms with van der Waals surface area (Å²) in [6.07, 6.45) is 3.68. The molecule has 1 atom stereocenters. The summed E-state index contributed by atoms with van der Waals surface area (Å²) in [5, 5.41) is 2.11. The topological polar surface area (TPSA) is 49.9 Å². The molecule has 0 spiro atoms. The van der Waals surface area contributed by atoms with Crippen LogP contribution >= 0.6 is 11.3 Å². The summed E-state index contributed by atoms with van der Waals surface area (Å²) in [5.74, 6) is 1.83. The summed E-state index contributed by atoms with van der Waals surface area (Å²) in [6.45, 7) is 10.2. The van der Waals surface area contributed by atoms with E-state index in [-0.39, 0.29) is 30.3 Å². The second-order valence-corrected chi connectivity index (χ2v) is 11.0. The second kappa shape index (κ2) is 10.3. The molecule has 33 heavy (non-hydrogen) atoms. The molecule has 1 fully saturated rings. The molecule has 6 heteroatoms. The van der Waals surface area contributed by atoms with Crippen molar-refractivity contribution in [3.05, 3.63) is 51.2 Å². The van der Waals surface area contributed by atoms with Crippen LogP contribution in [0.2, 0.25) is 0 Å². The predicted octanol–water partition coefficient (Wildman–Crippen LogP) is 5.15. The van der Waals surface area contributed by atoms with Crippen molar-refractivity contribution < 1.29 is 14.3 Å². The highest BCUT2D eigenvalue weighted by Crippen LogP contribution is 2.35. The van der Waals surface area contributed by atoms with Crippen LogP contribution < -0.4 is 4.74 Å². The monoisotopic (exact) mass is 468 g/mol. The average molecular weight is 469 g/mol. The molecule has 2 amide bonds. The lowest BCUT2D eigenvalue weighted by atomic mass is 10.00. The number of hydrogen-bond acceptors (Lipinski definition) is 4. The molecule has 0 saturated heterocycles. The van der Waals surface area contributed by atoms with Gasteiger partial charge in [0.1, 0.15) is 12.4 Å². The summed E-state index contributed by atoms with van der Waals surface area (Å²) in [5.41, 5.74) is 3.49.